The number of aromatic nitrogens is 2. The average molecular weight is 459 g/mol. The van der Waals surface area contributed by atoms with Crippen molar-refractivity contribution in [2.75, 3.05) is 18.5 Å². The van der Waals surface area contributed by atoms with Crippen LogP contribution in [0, 0.1) is 12.3 Å². The Labute approximate surface area is 180 Å². The maximum atomic E-state index is 5.70. The number of oxime groups is 2. The average Bonchev–Trinajstić information content (AvgIpc) is 2.72. The van der Waals surface area contributed by atoms with Crippen LogP contribution in [-0.4, -0.2) is 39.9 Å². The molecular formula is C22H27BrN4O2. The van der Waals surface area contributed by atoms with E-state index in [9.17, 15) is 0 Å². The molecule has 3 rings (SSSR count). The molecule has 0 bridgehead atoms. The van der Waals surface area contributed by atoms with E-state index in [1.165, 1.54) is 5.56 Å². The molecule has 0 amide bonds. The van der Waals surface area contributed by atoms with Crippen LogP contribution in [0.25, 0.3) is 0 Å². The summed E-state index contributed by atoms with van der Waals surface area (Å²) in [4.78, 5) is 20.3. The molecule has 0 saturated carbocycles. The summed E-state index contributed by atoms with van der Waals surface area (Å²) >= 11 is 3.44. The van der Waals surface area contributed by atoms with Gasteiger partial charge in [0.2, 0.25) is 0 Å². The molecule has 0 fully saturated rings. The van der Waals surface area contributed by atoms with Crippen LogP contribution in [0.2, 0.25) is 0 Å². The summed E-state index contributed by atoms with van der Waals surface area (Å²) in [6.45, 7) is 6.97. The number of nitrogens with zero attached hydrogens (tertiary/aromatic N) is 4. The summed E-state index contributed by atoms with van der Waals surface area (Å²) in [5.74, 6) is 0. The van der Waals surface area contributed by atoms with Crippen LogP contribution in [0.5, 0.6) is 0 Å². The first-order chi connectivity index (χ1) is 14.0. The topological polar surface area (TPSA) is 69.0 Å². The second kappa shape index (κ2) is 9.96. The number of pyridine rings is 2. The SMILES string of the molecule is Cc1ccc2c(n1)C(=NOCC(C)(C)CON=C(CBr)c1ccccn1)CCC2. The Morgan fingerprint density at radius 1 is 1.14 bits per heavy atom. The molecule has 6 nitrogen and oxygen atoms in total. The fourth-order valence-electron chi connectivity index (χ4n) is 2.98. The molecule has 0 atom stereocenters. The van der Waals surface area contributed by atoms with Crippen molar-refractivity contribution < 1.29 is 9.68 Å². The molecule has 0 aliphatic heterocycles. The minimum absolute atomic E-state index is 0.243. The second-order valence-corrected chi connectivity index (χ2v) is 8.51. The van der Waals surface area contributed by atoms with E-state index in [-0.39, 0.29) is 5.41 Å². The first kappa shape index (κ1) is 21.4. The van der Waals surface area contributed by atoms with Gasteiger partial charge >= 0.3 is 0 Å². The molecule has 0 aromatic carbocycles. The third kappa shape index (κ3) is 6.10. The number of hydrogen-bond donors (Lipinski definition) is 0. The summed E-state index contributed by atoms with van der Waals surface area (Å²) in [5, 5.41) is 9.21. The first-order valence-electron chi connectivity index (χ1n) is 9.80. The molecule has 0 saturated heterocycles. The van der Waals surface area contributed by atoms with Crippen LogP contribution in [-0.2, 0) is 16.1 Å². The van der Waals surface area contributed by atoms with Crippen LogP contribution >= 0.6 is 15.9 Å². The Morgan fingerprint density at radius 3 is 2.72 bits per heavy atom. The lowest BCUT2D eigenvalue weighted by atomic mass is 9.94. The predicted molar refractivity (Wildman–Crippen MR) is 119 cm³/mol. The lowest BCUT2D eigenvalue weighted by Gasteiger charge is -2.22. The molecule has 29 heavy (non-hydrogen) atoms. The fourth-order valence-corrected chi connectivity index (χ4v) is 3.36. The molecule has 7 heteroatoms. The summed E-state index contributed by atoms with van der Waals surface area (Å²) < 4.78 is 0. The van der Waals surface area contributed by atoms with Gasteiger partial charge in [-0.15, -0.1) is 0 Å². The van der Waals surface area contributed by atoms with Gasteiger partial charge in [-0.2, -0.15) is 0 Å². The number of fused-ring (bicyclic) bond motifs is 1. The van der Waals surface area contributed by atoms with Gasteiger partial charge in [0.15, 0.2) is 0 Å². The van der Waals surface area contributed by atoms with Crippen LogP contribution in [0.15, 0.2) is 46.8 Å². The fraction of sp³-hybridized carbons (Fsp3) is 0.455. The van der Waals surface area contributed by atoms with E-state index >= 15 is 0 Å². The van der Waals surface area contributed by atoms with Gasteiger partial charge in [0.25, 0.3) is 0 Å². The number of halogens is 1. The zero-order chi connectivity index (χ0) is 20.7. The van der Waals surface area contributed by atoms with E-state index in [2.05, 4.69) is 62.2 Å². The third-order valence-electron chi connectivity index (χ3n) is 4.60. The second-order valence-electron chi connectivity index (χ2n) is 7.95. The number of aryl methyl sites for hydroxylation is 2. The largest absolute Gasteiger partial charge is 0.395 e. The van der Waals surface area contributed by atoms with Crippen LogP contribution in [0.4, 0.5) is 0 Å². The van der Waals surface area contributed by atoms with Gasteiger partial charge in [-0.3, -0.25) is 9.97 Å². The van der Waals surface area contributed by atoms with E-state index in [4.69, 9.17) is 9.68 Å². The summed E-state index contributed by atoms with van der Waals surface area (Å²) in [6, 6.07) is 9.91. The lowest BCUT2D eigenvalue weighted by Crippen LogP contribution is -2.25. The van der Waals surface area contributed by atoms with Crippen molar-refractivity contribution in [1.82, 2.24) is 9.97 Å². The molecule has 154 valence electrons. The Hall–Kier alpha value is -2.28. The summed E-state index contributed by atoms with van der Waals surface area (Å²) in [7, 11) is 0. The molecule has 1 aliphatic carbocycles. The zero-order valence-electron chi connectivity index (χ0n) is 17.2. The maximum Gasteiger partial charge on any atom is 0.125 e. The lowest BCUT2D eigenvalue weighted by molar-refractivity contribution is -0.000132. The van der Waals surface area contributed by atoms with Crippen molar-refractivity contribution in [3.63, 3.8) is 0 Å². The van der Waals surface area contributed by atoms with E-state index in [0.29, 0.717) is 18.5 Å². The van der Waals surface area contributed by atoms with E-state index in [0.717, 1.165) is 47.8 Å². The molecule has 0 radical (unpaired) electrons. The minimum atomic E-state index is -0.243. The van der Waals surface area contributed by atoms with Crippen LogP contribution in [0.1, 0.15) is 49.3 Å². The first-order valence-corrected chi connectivity index (χ1v) is 10.9. The van der Waals surface area contributed by atoms with Gasteiger partial charge in [0.05, 0.1) is 16.7 Å². The Kier molecular flexibility index (Phi) is 7.36. The van der Waals surface area contributed by atoms with E-state index in [1.54, 1.807) is 6.20 Å². The van der Waals surface area contributed by atoms with Crippen molar-refractivity contribution in [2.45, 2.75) is 40.0 Å². The zero-order valence-corrected chi connectivity index (χ0v) is 18.8. The number of alkyl halides is 1. The molecule has 1 aliphatic rings. The van der Waals surface area contributed by atoms with Gasteiger partial charge < -0.3 is 9.68 Å². The van der Waals surface area contributed by atoms with Crippen molar-refractivity contribution in [3.05, 3.63) is 59.2 Å². The molecular weight excluding hydrogens is 432 g/mol. The Bertz CT molecular complexity index is 882. The summed E-state index contributed by atoms with van der Waals surface area (Å²) in [5.41, 5.74) is 5.46. The van der Waals surface area contributed by atoms with Gasteiger partial charge in [0, 0.05) is 17.3 Å². The van der Waals surface area contributed by atoms with Crippen molar-refractivity contribution in [3.8, 4) is 0 Å². The van der Waals surface area contributed by atoms with Gasteiger partial charge in [-0.25, -0.2) is 0 Å². The molecule has 0 spiro atoms. The maximum absolute atomic E-state index is 5.70. The monoisotopic (exact) mass is 458 g/mol. The minimum Gasteiger partial charge on any atom is -0.395 e. The third-order valence-corrected chi connectivity index (χ3v) is 5.13. The molecule has 0 N–H and O–H groups in total. The highest BCUT2D eigenvalue weighted by atomic mass is 79.9. The van der Waals surface area contributed by atoms with Crippen LogP contribution in [0.3, 0.4) is 0 Å². The highest BCUT2D eigenvalue weighted by Gasteiger charge is 2.22. The molecule has 2 heterocycles. The Balaban J connectivity index is 1.56. The smallest absolute Gasteiger partial charge is 0.125 e. The van der Waals surface area contributed by atoms with Crippen molar-refractivity contribution in [1.29, 1.82) is 0 Å². The van der Waals surface area contributed by atoms with Crippen LogP contribution < -0.4 is 0 Å². The van der Waals surface area contributed by atoms with E-state index in [1.807, 2.05) is 25.1 Å². The number of hydrogen-bond acceptors (Lipinski definition) is 6. The quantitative estimate of drug-likeness (QED) is 0.327. The van der Waals surface area contributed by atoms with Crippen molar-refractivity contribution >= 4 is 27.4 Å². The Morgan fingerprint density at radius 2 is 1.97 bits per heavy atom. The highest BCUT2D eigenvalue weighted by Crippen LogP contribution is 2.22. The summed E-state index contributed by atoms with van der Waals surface area (Å²) in [6.07, 6.45) is 4.75. The van der Waals surface area contributed by atoms with E-state index < -0.39 is 0 Å². The predicted octanol–water partition coefficient (Wildman–Crippen LogP) is 4.68. The van der Waals surface area contributed by atoms with Gasteiger partial charge in [-0.05, 0) is 49.9 Å². The number of rotatable bonds is 8. The highest BCUT2D eigenvalue weighted by molar-refractivity contribution is 9.09. The molecule has 0 unspecified atom stereocenters. The van der Waals surface area contributed by atoms with Gasteiger partial charge in [0.1, 0.15) is 24.6 Å². The standard InChI is InChI=1S/C22H27BrN4O2/c1-16-10-11-17-7-6-9-19(21(17)25-16)26-28-14-22(2,3)15-29-27-20(13-23)18-8-4-5-12-24-18/h4-5,8,10-12H,6-7,9,13-15H2,1-3H3. The normalized spacial score (nSPS) is 15.9. The van der Waals surface area contributed by atoms with Crippen molar-refractivity contribution in [2.24, 2.45) is 15.7 Å². The molecule has 2 aromatic heterocycles. The molecule has 2 aromatic rings. The van der Waals surface area contributed by atoms with Gasteiger partial charge in [-0.1, -0.05) is 52.2 Å².